The van der Waals surface area contributed by atoms with Crippen molar-refractivity contribution in [2.24, 2.45) is 0 Å². The summed E-state index contributed by atoms with van der Waals surface area (Å²) in [6.45, 7) is 1.97. The van der Waals surface area contributed by atoms with Crippen molar-refractivity contribution >= 4 is 27.5 Å². The molecule has 0 saturated carbocycles. The number of hydrogen-bond acceptors (Lipinski definition) is 7. The minimum atomic E-state index is -0.0793. The number of ether oxygens (including phenoxy) is 1. The number of benzene rings is 1. The van der Waals surface area contributed by atoms with Crippen molar-refractivity contribution < 1.29 is 4.74 Å². The highest BCUT2D eigenvalue weighted by atomic mass is 32.1. The van der Waals surface area contributed by atoms with E-state index in [2.05, 4.69) is 20.3 Å². The zero-order chi connectivity index (χ0) is 20.3. The van der Waals surface area contributed by atoms with Crippen LogP contribution in [-0.2, 0) is 11.3 Å². The Morgan fingerprint density at radius 1 is 1.13 bits per heavy atom. The summed E-state index contributed by atoms with van der Waals surface area (Å²) in [5.41, 5.74) is 2.39. The quantitative estimate of drug-likeness (QED) is 0.533. The lowest BCUT2D eigenvalue weighted by molar-refractivity contribution is 0.0903. The molecule has 1 saturated heterocycles. The Bertz CT molecular complexity index is 1200. The Hall–Kier alpha value is -3.10. The van der Waals surface area contributed by atoms with Crippen LogP contribution in [0, 0.1) is 0 Å². The van der Waals surface area contributed by atoms with Gasteiger partial charge in [0.15, 0.2) is 0 Å². The van der Waals surface area contributed by atoms with Crippen molar-refractivity contribution in [1.82, 2.24) is 19.5 Å². The van der Waals surface area contributed by atoms with E-state index in [4.69, 9.17) is 4.74 Å². The fourth-order valence-electron chi connectivity index (χ4n) is 3.54. The predicted molar refractivity (Wildman–Crippen MR) is 118 cm³/mol. The number of thiazole rings is 1. The van der Waals surface area contributed by atoms with E-state index >= 15 is 0 Å². The second-order valence-electron chi connectivity index (χ2n) is 7.25. The number of fused-ring (bicyclic) bond motifs is 1. The van der Waals surface area contributed by atoms with Gasteiger partial charge in [0, 0.05) is 43.3 Å². The molecule has 152 valence electrons. The van der Waals surface area contributed by atoms with E-state index in [0.717, 1.165) is 52.5 Å². The van der Waals surface area contributed by atoms with Gasteiger partial charge in [-0.15, -0.1) is 11.3 Å². The molecule has 0 radical (unpaired) electrons. The van der Waals surface area contributed by atoms with Gasteiger partial charge in [0.1, 0.15) is 5.01 Å². The number of nitrogens with zero attached hydrogens (tertiary/aromatic N) is 4. The number of para-hydroxylation sites is 1. The zero-order valence-corrected chi connectivity index (χ0v) is 17.1. The number of nitrogens with one attached hydrogen (secondary N) is 1. The monoisotopic (exact) mass is 419 g/mol. The third kappa shape index (κ3) is 4.10. The number of anilines is 1. The maximum Gasteiger partial charge on any atom is 0.251 e. The molecule has 7 nitrogen and oxygen atoms in total. The van der Waals surface area contributed by atoms with Gasteiger partial charge < -0.3 is 14.6 Å². The van der Waals surface area contributed by atoms with Crippen LogP contribution in [0.2, 0.25) is 0 Å². The third-order valence-electron chi connectivity index (χ3n) is 5.15. The van der Waals surface area contributed by atoms with Gasteiger partial charge in [-0.2, -0.15) is 0 Å². The first kappa shape index (κ1) is 18.9. The lowest BCUT2D eigenvalue weighted by atomic mass is 10.1. The molecule has 4 heterocycles. The molecular formula is C22H21N5O2S. The van der Waals surface area contributed by atoms with Gasteiger partial charge in [0.25, 0.3) is 5.56 Å². The minimum Gasteiger partial charge on any atom is -0.381 e. The van der Waals surface area contributed by atoms with Gasteiger partial charge in [-0.05, 0) is 37.1 Å². The minimum absolute atomic E-state index is 0.0793. The Morgan fingerprint density at radius 3 is 2.83 bits per heavy atom. The molecule has 30 heavy (non-hydrogen) atoms. The van der Waals surface area contributed by atoms with Gasteiger partial charge in [-0.1, -0.05) is 12.1 Å². The van der Waals surface area contributed by atoms with Crippen LogP contribution in [-0.4, -0.2) is 38.8 Å². The molecule has 1 aliphatic rings. The number of rotatable bonds is 5. The highest BCUT2D eigenvalue weighted by Crippen LogP contribution is 2.22. The first-order valence-corrected chi connectivity index (χ1v) is 10.8. The fourth-order valence-corrected chi connectivity index (χ4v) is 4.51. The number of aromatic nitrogens is 4. The Labute approximate surface area is 177 Å². The van der Waals surface area contributed by atoms with Crippen molar-refractivity contribution in [2.75, 3.05) is 18.5 Å². The Morgan fingerprint density at radius 2 is 2.00 bits per heavy atom. The summed E-state index contributed by atoms with van der Waals surface area (Å²) < 4.78 is 8.19. The van der Waals surface area contributed by atoms with Gasteiger partial charge in [0.2, 0.25) is 5.95 Å². The van der Waals surface area contributed by atoms with Gasteiger partial charge in [0.05, 0.1) is 22.5 Å². The van der Waals surface area contributed by atoms with Crippen molar-refractivity contribution in [3.05, 3.63) is 70.2 Å². The molecule has 0 spiro atoms. The molecule has 1 aromatic carbocycles. The Kier molecular flexibility index (Phi) is 5.25. The second kappa shape index (κ2) is 8.33. The molecule has 0 aliphatic carbocycles. The molecule has 4 aromatic rings. The first-order chi connectivity index (χ1) is 14.7. The number of hydrogen-bond donors (Lipinski definition) is 1. The predicted octanol–water partition coefficient (Wildman–Crippen LogP) is 3.55. The van der Waals surface area contributed by atoms with E-state index in [1.54, 1.807) is 34.4 Å². The fraction of sp³-hybridized carbons (Fsp3) is 0.273. The first-order valence-electron chi connectivity index (χ1n) is 9.97. The normalized spacial score (nSPS) is 14.8. The molecule has 1 fully saturated rings. The molecule has 5 rings (SSSR count). The Balaban J connectivity index is 1.35. The summed E-state index contributed by atoms with van der Waals surface area (Å²) >= 11 is 1.61. The van der Waals surface area contributed by atoms with E-state index in [0.29, 0.717) is 18.5 Å². The topological polar surface area (TPSA) is 81.9 Å². The van der Waals surface area contributed by atoms with Crippen LogP contribution in [0.3, 0.4) is 0 Å². The van der Waals surface area contributed by atoms with E-state index in [-0.39, 0.29) is 5.56 Å². The summed E-state index contributed by atoms with van der Waals surface area (Å²) in [4.78, 5) is 26.2. The van der Waals surface area contributed by atoms with Crippen LogP contribution >= 0.6 is 11.3 Å². The highest BCUT2D eigenvalue weighted by Gasteiger charge is 2.15. The maximum atomic E-state index is 12.7. The van der Waals surface area contributed by atoms with Crippen LogP contribution in [0.15, 0.2) is 59.7 Å². The lowest BCUT2D eigenvalue weighted by Gasteiger charge is -2.23. The van der Waals surface area contributed by atoms with Crippen molar-refractivity contribution in [2.45, 2.75) is 25.4 Å². The molecule has 3 aromatic heterocycles. The van der Waals surface area contributed by atoms with Crippen molar-refractivity contribution in [1.29, 1.82) is 0 Å². The average Bonchev–Trinajstić information content (AvgIpc) is 3.18. The van der Waals surface area contributed by atoms with E-state index < -0.39 is 0 Å². The van der Waals surface area contributed by atoms with Crippen LogP contribution in [0.4, 0.5) is 5.95 Å². The van der Waals surface area contributed by atoms with Gasteiger partial charge in [-0.3, -0.25) is 4.79 Å². The second-order valence-corrected chi connectivity index (χ2v) is 8.37. The van der Waals surface area contributed by atoms with E-state index in [1.165, 1.54) is 0 Å². The van der Waals surface area contributed by atoms with Crippen LogP contribution < -0.4 is 10.9 Å². The summed E-state index contributed by atoms with van der Waals surface area (Å²) in [5, 5.41) is 4.28. The SMILES string of the molecule is O=c1cc(-c2ccnc(NC3CCOCC3)n2)ccn1Cc1nc2ccccc2s1. The van der Waals surface area contributed by atoms with Crippen LogP contribution in [0.1, 0.15) is 17.8 Å². The highest BCUT2D eigenvalue weighted by molar-refractivity contribution is 7.18. The molecule has 0 bridgehead atoms. The van der Waals surface area contributed by atoms with Crippen molar-refractivity contribution in [3.63, 3.8) is 0 Å². The lowest BCUT2D eigenvalue weighted by Crippen LogP contribution is -2.28. The molecule has 0 unspecified atom stereocenters. The smallest absolute Gasteiger partial charge is 0.251 e. The molecule has 1 N–H and O–H groups in total. The van der Waals surface area contributed by atoms with Crippen LogP contribution in [0.5, 0.6) is 0 Å². The standard InChI is InChI=1S/C22H21N5O2S/c28-21-13-15(17-5-9-23-22(26-17)24-16-7-11-29-12-8-16)6-10-27(21)14-20-25-18-3-1-2-4-19(18)30-20/h1-6,9-10,13,16H,7-8,11-12,14H2,(H,23,24,26). The maximum absolute atomic E-state index is 12.7. The van der Waals surface area contributed by atoms with E-state index in [1.807, 2.05) is 36.4 Å². The summed E-state index contributed by atoms with van der Waals surface area (Å²) in [6.07, 6.45) is 5.40. The van der Waals surface area contributed by atoms with Gasteiger partial charge >= 0.3 is 0 Å². The molecule has 0 atom stereocenters. The van der Waals surface area contributed by atoms with Gasteiger partial charge in [-0.25, -0.2) is 15.0 Å². The molecular weight excluding hydrogens is 398 g/mol. The third-order valence-corrected chi connectivity index (χ3v) is 6.17. The number of pyridine rings is 1. The molecule has 0 amide bonds. The molecule has 1 aliphatic heterocycles. The van der Waals surface area contributed by atoms with E-state index in [9.17, 15) is 4.79 Å². The zero-order valence-electron chi connectivity index (χ0n) is 16.3. The van der Waals surface area contributed by atoms with Crippen molar-refractivity contribution in [3.8, 4) is 11.3 Å². The summed E-state index contributed by atoms with van der Waals surface area (Å²) in [5.74, 6) is 0.582. The van der Waals surface area contributed by atoms with Crippen LogP contribution in [0.25, 0.3) is 21.5 Å². The summed E-state index contributed by atoms with van der Waals surface area (Å²) in [7, 11) is 0. The largest absolute Gasteiger partial charge is 0.381 e. The summed E-state index contributed by atoms with van der Waals surface area (Å²) in [6, 6.07) is 13.7. The molecule has 8 heteroatoms. The average molecular weight is 420 g/mol.